The molecule has 1 heterocycles. The molecule has 0 atom stereocenters. The molecule has 0 radical (unpaired) electrons. The van der Waals surface area contributed by atoms with Crippen molar-refractivity contribution in [2.45, 2.75) is 51.2 Å². The average molecular weight is 241 g/mol. The van der Waals surface area contributed by atoms with Gasteiger partial charge >= 0.3 is 5.97 Å². The van der Waals surface area contributed by atoms with Crippen LogP contribution < -0.4 is 0 Å². The van der Waals surface area contributed by atoms with Crippen LogP contribution >= 0.6 is 0 Å². The van der Waals surface area contributed by atoms with Crippen LogP contribution in [-0.4, -0.2) is 47.8 Å². The first kappa shape index (κ1) is 12.8. The van der Waals surface area contributed by atoms with Crippen molar-refractivity contribution in [1.29, 1.82) is 0 Å². The van der Waals surface area contributed by atoms with Crippen molar-refractivity contribution in [3.8, 4) is 0 Å². The van der Waals surface area contributed by atoms with Gasteiger partial charge in [0.25, 0.3) is 0 Å². The zero-order chi connectivity index (χ0) is 12.3. The smallest absolute Gasteiger partial charge is 0.305 e. The molecule has 0 bridgehead atoms. The van der Waals surface area contributed by atoms with Crippen LogP contribution in [0.25, 0.3) is 0 Å². The van der Waals surface area contributed by atoms with Crippen molar-refractivity contribution < 1.29 is 14.6 Å². The van der Waals surface area contributed by atoms with E-state index in [-0.39, 0.29) is 12.1 Å². The molecule has 0 amide bonds. The van der Waals surface area contributed by atoms with E-state index in [9.17, 15) is 4.79 Å². The van der Waals surface area contributed by atoms with Crippen molar-refractivity contribution in [3.63, 3.8) is 0 Å². The molecular formula is C13H23NO3. The fraction of sp³-hybridized carbons (Fsp3) is 0.923. The Morgan fingerprint density at radius 2 is 1.94 bits per heavy atom. The predicted octanol–water partition coefficient (Wildman–Crippen LogP) is 1.17. The van der Waals surface area contributed by atoms with Gasteiger partial charge in [0.05, 0.1) is 0 Å². The first-order valence-corrected chi connectivity index (χ1v) is 6.77. The minimum Gasteiger partial charge on any atom is -0.460 e. The molecule has 1 aliphatic carbocycles. The first-order chi connectivity index (χ1) is 8.22. The van der Waals surface area contributed by atoms with Crippen molar-refractivity contribution in [2.75, 3.05) is 19.7 Å². The van der Waals surface area contributed by atoms with Gasteiger partial charge in [-0.1, -0.05) is 6.92 Å². The zero-order valence-corrected chi connectivity index (χ0v) is 10.6. The summed E-state index contributed by atoms with van der Waals surface area (Å²) in [6, 6.07) is 0.648. The molecule has 1 aliphatic heterocycles. The molecule has 1 saturated carbocycles. The minimum absolute atomic E-state index is 0.0846. The second kappa shape index (κ2) is 5.83. The SMILES string of the molecule is CCC(=O)OC1CN(C2CCC(CO)CC2)C1. The third kappa shape index (κ3) is 3.19. The standard InChI is InChI=1S/C13H23NO3/c1-2-13(16)17-12-7-14(8-12)11-5-3-10(9-15)4-6-11/h10-12,15H,2-9H2,1H3. The highest BCUT2D eigenvalue weighted by atomic mass is 16.5. The van der Waals surface area contributed by atoms with E-state index in [0.717, 1.165) is 25.9 Å². The van der Waals surface area contributed by atoms with Crippen molar-refractivity contribution in [1.82, 2.24) is 4.90 Å². The summed E-state index contributed by atoms with van der Waals surface area (Å²) in [5.74, 6) is 0.430. The van der Waals surface area contributed by atoms with Gasteiger partial charge in [-0.15, -0.1) is 0 Å². The van der Waals surface area contributed by atoms with Gasteiger partial charge in [0, 0.05) is 32.2 Å². The third-order valence-corrected chi connectivity index (χ3v) is 4.05. The highest BCUT2D eigenvalue weighted by Gasteiger charge is 2.36. The Morgan fingerprint density at radius 1 is 1.29 bits per heavy atom. The van der Waals surface area contributed by atoms with E-state index >= 15 is 0 Å². The predicted molar refractivity (Wildman–Crippen MR) is 64.6 cm³/mol. The average Bonchev–Trinajstić information content (AvgIpc) is 2.33. The number of ether oxygens (including phenoxy) is 1. The molecule has 0 aromatic heterocycles. The summed E-state index contributed by atoms with van der Waals surface area (Å²) in [5, 5.41) is 9.08. The lowest BCUT2D eigenvalue weighted by molar-refractivity contribution is -0.159. The monoisotopic (exact) mass is 241 g/mol. The Balaban J connectivity index is 1.65. The van der Waals surface area contributed by atoms with Crippen molar-refractivity contribution in [2.24, 2.45) is 5.92 Å². The molecule has 4 heteroatoms. The molecule has 17 heavy (non-hydrogen) atoms. The fourth-order valence-corrected chi connectivity index (χ4v) is 2.80. The maximum Gasteiger partial charge on any atom is 0.305 e. The quantitative estimate of drug-likeness (QED) is 0.751. The van der Waals surface area contributed by atoms with Crippen LogP contribution in [0.15, 0.2) is 0 Å². The van der Waals surface area contributed by atoms with E-state index in [1.165, 1.54) is 12.8 Å². The van der Waals surface area contributed by atoms with Gasteiger partial charge in [-0.2, -0.15) is 0 Å². The van der Waals surface area contributed by atoms with Gasteiger partial charge in [0.1, 0.15) is 6.10 Å². The summed E-state index contributed by atoms with van der Waals surface area (Å²) in [4.78, 5) is 13.5. The molecule has 0 aromatic carbocycles. The van der Waals surface area contributed by atoms with Gasteiger partial charge in [-0.25, -0.2) is 0 Å². The molecule has 4 nitrogen and oxygen atoms in total. The number of likely N-dealkylation sites (tertiary alicyclic amines) is 1. The normalized spacial score (nSPS) is 30.9. The topological polar surface area (TPSA) is 49.8 Å². The van der Waals surface area contributed by atoms with Gasteiger partial charge in [-0.05, 0) is 31.6 Å². The summed E-state index contributed by atoms with van der Waals surface area (Å²) < 4.78 is 5.28. The lowest BCUT2D eigenvalue weighted by Gasteiger charge is -2.45. The number of carbonyl (C=O) groups excluding carboxylic acids is 1. The van der Waals surface area contributed by atoms with Crippen LogP contribution in [0, 0.1) is 5.92 Å². The second-order valence-corrected chi connectivity index (χ2v) is 5.28. The maximum absolute atomic E-state index is 11.1. The summed E-state index contributed by atoms with van der Waals surface area (Å²) in [6.07, 6.45) is 5.23. The summed E-state index contributed by atoms with van der Waals surface area (Å²) in [6.45, 7) is 3.97. The molecule has 0 aromatic rings. The minimum atomic E-state index is -0.0846. The number of aliphatic hydroxyl groups is 1. The fourth-order valence-electron chi connectivity index (χ4n) is 2.80. The molecule has 0 unspecified atom stereocenters. The largest absolute Gasteiger partial charge is 0.460 e. The molecule has 1 N–H and O–H groups in total. The summed E-state index contributed by atoms with van der Waals surface area (Å²) >= 11 is 0. The van der Waals surface area contributed by atoms with E-state index in [1.807, 2.05) is 6.92 Å². The number of aliphatic hydroxyl groups excluding tert-OH is 1. The van der Waals surface area contributed by atoms with Crippen LogP contribution in [0.3, 0.4) is 0 Å². The zero-order valence-electron chi connectivity index (χ0n) is 10.6. The van der Waals surface area contributed by atoms with Crippen LogP contribution in [0.4, 0.5) is 0 Å². The van der Waals surface area contributed by atoms with Crippen molar-refractivity contribution >= 4 is 5.97 Å². The molecule has 1 saturated heterocycles. The van der Waals surface area contributed by atoms with Gasteiger partial charge < -0.3 is 9.84 Å². The Morgan fingerprint density at radius 3 is 2.47 bits per heavy atom. The molecule has 2 rings (SSSR count). The van der Waals surface area contributed by atoms with E-state index in [4.69, 9.17) is 9.84 Å². The number of esters is 1. The lowest BCUT2D eigenvalue weighted by Crippen LogP contribution is -2.57. The van der Waals surface area contributed by atoms with E-state index in [0.29, 0.717) is 25.0 Å². The number of hydrogen-bond donors (Lipinski definition) is 1. The number of rotatable bonds is 4. The first-order valence-electron chi connectivity index (χ1n) is 6.77. The van der Waals surface area contributed by atoms with Gasteiger partial charge in [-0.3, -0.25) is 9.69 Å². The number of nitrogens with zero attached hydrogens (tertiary/aromatic N) is 1. The van der Waals surface area contributed by atoms with E-state index in [2.05, 4.69) is 4.90 Å². The van der Waals surface area contributed by atoms with E-state index < -0.39 is 0 Å². The molecule has 0 spiro atoms. The van der Waals surface area contributed by atoms with Crippen LogP contribution in [-0.2, 0) is 9.53 Å². The Labute approximate surface area is 103 Å². The Bertz CT molecular complexity index is 255. The molecule has 2 aliphatic rings. The second-order valence-electron chi connectivity index (χ2n) is 5.28. The Hall–Kier alpha value is -0.610. The van der Waals surface area contributed by atoms with Gasteiger partial charge in [0.15, 0.2) is 0 Å². The van der Waals surface area contributed by atoms with Crippen molar-refractivity contribution in [3.05, 3.63) is 0 Å². The Kier molecular flexibility index (Phi) is 4.40. The number of hydrogen-bond acceptors (Lipinski definition) is 4. The summed E-state index contributed by atoms with van der Waals surface area (Å²) in [7, 11) is 0. The van der Waals surface area contributed by atoms with E-state index in [1.54, 1.807) is 0 Å². The number of carbonyl (C=O) groups is 1. The van der Waals surface area contributed by atoms with Crippen LogP contribution in [0.2, 0.25) is 0 Å². The van der Waals surface area contributed by atoms with Crippen LogP contribution in [0.5, 0.6) is 0 Å². The lowest BCUT2D eigenvalue weighted by atomic mass is 9.84. The maximum atomic E-state index is 11.1. The highest BCUT2D eigenvalue weighted by Crippen LogP contribution is 2.30. The molecule has 98 valence electrons. The van der Waals surface area contributed by atoms with Crippen LogP contribution in [0.1, 0.15) is 39.0 Å². The summed E-state index contributed by atoms with van der Waals surface area (Å²) in [5.41, 5.74) is 0. The molecular weight excluding hydrogens is 218 g/mol. The third-order valence-electron chi connectivity index (χ3n) is 4.05. The highest BCUT2D eigenvalue weighted by molar-refractivity contribution is 5.69. The molecule has 2 fully saturated rings. The van der Waals surface area contributed by atoms with Gasteiger partial charge in [0.2, 0.25) is 0 Å².